The number of hydrogen-bond donors (Lipinski definition) is 1. The normalized spacial score (nSPS) is 10.8. The maximum absolute atomic E-state index is 13.3. The highest BCUT2D eigenvalue weighted by atomic mass is 19.1. The van der Waals surface area contributed by atoms with Crippen molar-refractivity contribution in [1.29, 1.82) is 0 Å². The van der Waals surface area contributed by atoms with Gasteiger partial charge in [-0.25, -0.2) is 13.8 Å². The average molecular weight is 252 g/mol. The van der Waals surface area contributed by atoms with Crippen molar-refractivity contribution in [2.24, 2.45) is 0 Å². The van der Waals surface area contributed by atoms with Crippen molar-refractivity contribution in [3.05, 3.63) is 53.2 Å². The summed E-state index contributed by atoms with van der Waals surface area (Å²) in [6.07, 6.45) is 2.47. The zero-order chi connectivity index (χ0) is 13.0. The highest BCUT2D eigenvalue weighted by molar-refractivity contribution is 5.18. The van der Waals surface area contributed by atoms with E-state index in [0.717, 1.165) is 18.2 Å². The Morgan fingerprint density at radius 1 is 1.28 bits per heavy atom. The van der Waals surface area contributed by atoms with Gasteiger partial charge in [0.15, 0.2) is 0 Å². The van der Waals surface area contributed by atoms with Gasteiger partial charge in [-0.05, 0) is 6.07 Å². The number of halogens is 2. The second-order valence-corrected chi connectivity index (χ2v) is 3.91. The lowest BCUT2D eigenvalue weighted by Crippen LogP contribution is -2.14. The molecule has 0 aliphatic rings. The summed E-state index contributed by atoms with van der Waals surface area (Å²) in [5, 5.41) is 3.00. The minimum absolute atomic E-state index is 0.302. The van der Waals surface area contributed by atoms with Gasteiger partial charge in [0.25, 0.3) is 0 Å². The van der Waals surface area contributed by atoms with Crippen LogP contribution in [0.25, 0.3) is 0 Å². The van der Waals surface area contributed by atoms with Gasteiger partial charge in [-0.2, -0.15) is 0 Å². The molecule has 0 spiro atoms. The molecule has 1 aromatic heterocycles. The maximum Gasteiger partial charge on any atom is 0.208 e. The van der Waals surface area contributed by atoms with Crippen LogP contribution in [0.2, 0.25) is 0 Å². The molecule has 0 unspecified atom stereocenters. The van der Waals surface area contributed by atoms with Crippen LogP contribution in [-0.2, 0) is 19.5 Å². The van der Waals surface area contributed by atoms with E-state index in [9.17, 15) is 8.78 Å². The summed E-state index contributed by atoms with van der Waals surface area (Å²) in [5.74, 6) is 0.259. The molecular weight excluding hydrogens is 238 g/mol. The summed E-state index contributed by atoms with van der Waals surface area (Å²) in [5.41, 5.74) is 0.415. The second kappa shape index (κ2) is 5.73. The Morgan fingerprint density at radius 2 is 2.11 bits per heavy atom. The first kappa shape index (κ1) is 12.7. The first-order valence-electron chi connectivity index (χ1n) is 5.77. The number of hydrogen-bond acceptors (Lipinski definition) is 3. The van der Waals surface area contributed by atoms with Crippen molar-refractivity contribution in [1.82, 2.24) is 10.3 Å². The van der Waals surface area contributed by atoms with Gasteiger partial charge >= 0.3 is 0 Å². The van der Waals surface area contributed by atoms with Gasteiger partial charge < -0.3 is 9.73 Å². The molecule has 0 radical (unpaired) electrons. The average Bonchev–Trinajstić information content (AvgIpc) is 2.80. The van der Waals surface area contributed by atoms with E-state index in [4.69, 9.17) is 4.42 Å². The van der Waals surface area contributed by atoms with Crippen LogP contribution in [0.5, 0.6) is 0 Å². The zero-order valence-electron chi connectivity index (χ0n) is 10.0. The lowest BCUT2D eigenvalue weighted by atomic mass is 10.2. The van der Waals surface area contributed by atoms with E-state index in [1.807, 2.05) is 6.92 Å². The molecule has 0 aliphatic carbocycles. The summed E-state index contributed by atoms with van der Waals surface area (Å²) < 4.78 is 31.4. The first-order valence-corrected chi connectivity index (χ1v) is 5.77. The fourth-order valence-corrected chi connectivity index (χ4v) is 1.56. The lowest BCUT2D eigenvalue weighted by molar-refractivity contribution is 0.437. The maximum atomic E-state index is 13.3. The zero-order valence-corrected chi connectivity index (χ0v) is 10.0. The molecule has 0 fully saturated rings. The quantitative estimate of drug-likeness (QED) is 0.889. The third-order valence-electron chi connectivity index (χ3n) is 2.56. The molecular formula is C13H14F2N2O. The van der Waals surface area contributed by atoms with E-state index in [1.54, 1.807) is 6.20 Å². The molecule has 5 heteroatoms. The molecule has 0 amide bonds. The number of nitrogens with one attached hydrogen (secondary N) is 1. The first-order chi connectivity index (χ1) is 8.69. The van der Waals surface area contributed by atoms with E-state index >= 15 is 0 Å². The van der Waals surface area contributed by atoms with Gasteiger partial charge in [0.2, 0.25) is 5.89 Å². The molecule has 1 heterocycles. The molecule has 3 nitrogen and oxygen atoms in total. The number of rotatable bonds is 5. The topological polar surface area (TPSA) is 38.1 Å². The summed E-state index contributed by atoms with van der Waals surface area (Å²) in [6.45, 7) is 2.69. The Morgan fingerprint density at radius 3 is 2.78 bits per heavy atom. The monoisotopic (exact) mass is 252 g/mol. The van der Waals surface area contributed by atoms with Gasteiger partial charge in [-0.3, -0.25) is 0 Å². The molecule has 96 valence electrons. The number of aromatic nitrogens is 1. The summed E-state index contributed by atoms with van der Waals surface area (Å²) in [6, 6.07) is 3.53. The van der Waals surface area contributed by atoms with Crippen LogP contribution >= 0.6 is 0 Å². The summed E-state index contributed by atoms with van der Waals surface area (Å²) in [4.78, 5) is 4.07. The fourth-order valence-electron chi connectivity index (χ4n) is 1.56. The number of nitrogens with zero attached hydrogens (tertiary/aromatic N) is 1. The van der Waals surface area contributed by atoms with Gasteiger partial charge in [-0.15, -0.1) is 0 Å². The fraction of sp³-hybridized carbons (Fsp3) is 0.308. The third kappa shape index (κ3) is 3.13. The summed E-state index contributed by atoms with van der Waals surface area (Å²) in [7, 11) is 0. The van der Waals surface area contributed by atoms with Gasteiger partial charge in [0, 0.05) is 24.6 Å². The van der Waals surface area contributed by atoms with E-state index in [2.05, 4.69) is 10.3 Å². The van der Waals surface area contributed by atoms with Crippen LogP contribution in [0.15, 0.2) is 28.8 Å². The summed E-state index contributed by atoms with van der Waals surface area (Å²) >= 11 is 0. The van der Waals surface area contributed by atoms with Crippen molar-refractivity contribution >= 4 is 0 Å². The number of oxazole rings is 1. The Bertz CT molecular complexity index is 525. The standard InChI is InChI=1S/C13H14F2N2O/c1-2-11-7-17-13(18-11)8-16-6-9-3-4-10(14)5-12(9)15/h3-5,7,16H,2,6,8H2,1H3. The highest BCUT2D eigenvalue weighted by Crippen LogP contribution is 2.09. The van der Waals surface area contributed by atoms with E-state index in [1.165, 1.54) is 12.1 Å². The third-order valence-corrected chi connectivity index (χ3v) is 2.56. The van der Waals surface area contributed by atoms with Crippen molar-refractivity contribution in [3.8, 4) is 0 Å². The van der Waals surface area contributed by atoms with Crippen LogP contribution in [0.1, 0.15) is 24.1 Å². The molecule has 0 aliphatic heterocycles. The molecule has 0 saturated carbocycles. The number of benzene rings is 1. The van der Waals surface area contributed by atoms with Gasteiger partial charge in [0.1, 0.15) is 17.4 Å². The molecule has 1 aromatic carbocycles. The van der Waals surface area contributed by atoms with Crippen molar-refractivity contribution in [2.75, 3.05) is 0 Å². The van der Waals surface area contributed by atoms with E-state index in [-0.39, 0.29) is 0 Å². The van der Waals surface area contributed by atoms with Crippen LogP contribution in [0.4, 0.5) is 8.78 Å². The second-order valence-electron chi connectivity index (χ2n) is 3.91. The molecule has 18 heavy (non-hydrogen) atoms. The van der Waals surface area contributed by atoms with Crippen LogP contribution < -0.4 is 5.32 Å². The minimum Gasteiger partial charge on any atom is -0.444 e. The van der Waals surface area contributed by atoms with Crippen molar-refractivity contribution < 1.29 is 13.2 Å². The Labute approximate surface area is 104 Å². The van der Waals surface area contributed by atoms with Crippen LogP contribution in [0.3, 0.4) is 0 Å². The largest absolute Gasteiger partial charge is 0.444 e. The molecule has 2 aromatic rings. The SMILES string of the molecule is CCc1cnc(CNCc2ccc(F)cc2F)o1. The van der Waals surface area contributed by atoms with Crippen LogP contribution in [-0.4, -0.2) is 4.98 Å². The highest BCUT2D eigenvalue weighted by Gasteiger charge is 2.05. The molecule has 1 N–H and O–H groups in total. The van der Waals surface area contributed by atoms with Crippen molar-refractivity contribution in [3.63, 3.8) is 0 Å². The van der Waals surface area contributed by atoms with Gasteiger partial charge in [-0.1, -0.05) is 13.0 Å². The van der Waals surface area contributed by atoms with Crippen molar-refractivity contribution in [2.45, 2.75) is 26.4 Å². The Kier molecular flexibility index (Phi) is 4.04. The minimum atomic E-state index is -0.573. The molecule has 0 atom stereocenters. The smallest absolute Gasteiger partial charge is 0.208 e. The molecule has 2 rings (SSSR count). The van der Waals surface area contributed by atoms with E-state index in [0.29, 0.717) is 24.5 Å². The van der Waals surface area contributed by atoms with E-state index < -0.39 is 11.6 Å². The Hall–Kier alpha value is -1.75. The number of aryl methyl sites for hydroxylation is 1. The van der Waals surface area contributed by atoms with Crippen LogP contribution in [0, 0.1) is 11.6 Å². The Balaban J connectivity index is 1.88. The van der Waals surface area contributed by atoms with Gasteiger partial charge in [0.05, 0.1) is 12.7 Å². The molecule has 0 saturated heterocycles. The predicted molar refractivity (Wildman–Crippen MR) is 62.8 cm³/mol. The lowest BCUT2D eigenvalue weighted by Gasteiger charge is -2.04. The predicted octanol–water partition coefficient (Wildman–Crippen LogP) is 2.81. The molecule has 0 bridgehead atoms.